The zero-order valence-electron chi connectivity index (χ0n) is 12.3. The van der Waals surface area contributed by atoms with Gasteiger partial charge in [0.1, 0.15) is 11.3 Å². The van der Waals surface area contributed by atoms with Crippen LogP contribution in [0.5, 0.6) is 0 Å². The van der Waals surface area contributed by atoms with E-state index in [0.29, 0.717) is 0 Å². The van der Waals surface area contributed by atoms with Crippen LogP contribution in [0.15, 0.2) is 28.7 Å². The molecule has 3 rings (SSSR count). The van der Waals surface area contributed by atoms with Gasteiger partial charge in [0.05, 0.1) is 6.04 Å². The van der Waals surface area contributed by atoms with Gasteiger partial charge in [-0.1, -0.05) is 43.7 Å². The number of rotatable bonds is 5. The van der Waals surface area contributed by atoms with Gasteiger partial charge in [-0.15, -0.1) is 0 Å². The minimum atomic E-state index is 0.0816. The Morgan fingerprint density at radius 2 is 2.05 bits per heavy atom. The zero-order valence-corrected chi connectivity index (χ0v) is 13.0. The van der Waals surface area contributed by atoms with Crippen molar-refractivity contribution in [3.63, 3.8) is 0 Å². The maximum Gasteiger partial charge on any atom is 0.134 e. The molecule has 114 valence electrons. The molecule has 3 N–H and O–H groups in total. The SMILES string of the molecule is NNC(CCC1CCCCC1)c1cc2cc(Cl)ccc2o1. The van der Waals surface area contributed by atoms with Crippen LogP contribution in [0.1, 0.15) is 56.7 Å². The maximum absolute atomic E-state index is 6.02. The van der Waals surface area contributed by atoms with Crippen molar-refractivity contribution in [3.05, 3.63) is 35.0 Å². The molecule has 0 spiro atoms. The van der Waals surface area contributed by atoms with Gasteiger partial charge in [0.2, 0.25) is 0 Å². The van der Waals surface area contributed by atoms with E-state index in [4.69, 9.17) is 21.9 Å². The van der Waals surface area contributed by atoms with Crippen LogP contribution < -0.4 is 11.3 Å². The number of fused-ring (bicyclic) bond motifs is 1. The summed E-state index contributed by atoms with van der Waals surface area (Å²) < 4.78 is 5.91. The number of nitrogens with two attached hydrogens (primary N) is 1. The molecule has 1 aromatic carbocycles. The number of hydrogen-bond acceptors (Lipinski definition) is 3. The fourth-order valence-electron chi connectivity index (χ4n) is 3.39. The Morgan fingerprint density at radius 3 is 2.81 bits per heavy atom. The Hall–Kier alpha value is -1.03. The van der Waals surface area contributed by atoms with Crippen LogP contribution in [0, 0.1) is 5.92 Å². The fraction of sp³-hybridized carbons (Fsp3) is 0.529. The zero-order chi connectivity index (χ0) is 14.7. The van der Waals surface area contributed by atoms with Crippen molar-refractivity contribution in [2.75, 3.05) is 0 Å². The van der Waals surface area contributed by atoms with Crippen molar-refractivity contribution in [2.45, 2.75) is 51.0 Å². The molecule has 3 nitrogen and oxygen atoms in total. The largest absolute Gasteiger partial charge is 0.459 e. The quantitative estimate of drug-likeness (QED) is 0.607. The van der Waals surface area contributed by atoms with E-state index in [1.807, 2.05) is 24.3 Å². The van der Waals surface area contributed by atoms with E-state index >= 15 is 0 Å². The number of furan rings is 1. The van der Waals surface area contributed by atoms with Crippen molar-refractivity contribution in [3.8, 4) is 0 Å². The standard InChI is InChI=1S/C17H23ClN2O/c18-14-7-9-16-13(10-14)11-17(21-16)15(20-19)8-6-12-4-2-1-3-5-12/h7,9-12,15,20H,1-6,8,19H2. The van der Waals surface area contributed by atoms with Gasteiger partial charge in [-0.2, -0.15) is 0 Å². The fourth-order valence-corrected chi connectivity index (χ4v) is 3.57. The molecule has 1 aromatic heterocycles. The van der Waals surface area contributed by atoms with Gasteiger partial charge in [-0.25, -0.2) is 5.43 Å². The summed E-state index contributed by atoms with van der Waals surface area (Å²) in [5.74, 6) is 7.50. The molecule has 0 amide bonds. The summed E-state index contributed by atoms with van der Waals surface area (Å²) in [7, 11) is 0. The Bertz CT molecular complexity index is 589. The number of hydrogen-bond donors (Lipinski definition) is 2. The Morgan fingerprint density at radius 1 is 1.24 bits per heavy atom. The van der Waals surface area contributed by atoms with E-state index < -0.39 is 0 Å². The van der Waals surface area contributed by atoms with E-state index in [2.05, 4.69) is 5.43 Å². The first-order chi connectivity index (χ1) is 10.3. The molecule has 0 radical (unpaired) electrons. The molecule has 0 saturated heterocycles. The van der Waals surface area contributed by atoms with E-state index in [1.54, 1.807) is 0 Å². The minimum Gasteiger partial charge on any atom is -0.459 e. The number of hydrazine groups is 1. The van der Waals surface area contributed by atoms with Crippen LogP contribution >= 0.6 is 11.6 Å². The lowest BCUT2D eigenvalue weighted by molar-refractivity contribution is 0.304. The van der Waals surface area contributed by atoms with Crippen LogP contribution in [-0.4, -0.2) is 0 Å². The van der Waals surface area contributed by atoms with Gasteiger partial charge in [0, 0.05) is 10.4 Å². The predicted molar refractivity (Wildman–Crippen MR) is 87.1 cm³/mol. The van der Waals surface area contributed by atoms with E-state index in [0.717, 1.165) is 34.1 Å². The molecule has 1 unspecified atom stereocenters. The Balaban J connectivity index is 1.68. The van der Waals surface area contributed by atoms with Gasteiger partial charge in [0.25, 0.3) is 0 Å². The van der Waals surface area contributed by atoms with Crippen LogP contribution in [0.4, 0.5) is 0 Å². The van der Waals surface area contributed by atoms with Crippen LogP contribution in [-0.2, 0) is 0 Å². The summed E-state index contributed by atoms with van der Waals surface area (Å²) >= 11 is 6.02. The molecule has 21 heavy (non-hydrogen) atoms. The molecule has 1 atom stereocenters. The van der Waals surface area contributed by atoms with Crippen molar-refractivity contribution < 1.29 is 4.42 Å². The van der Waals surface area contributed by atoms with Crippen molar-refractivity contribution >= 4 is 22.6 Å². The first-order valence-corrected chi connectivity index (χ1v) is 8.29. The van der Waals surface area contributed by atoms with Crippen LogP contribution in [0.2, 0.25) is 5.02 Å². The second-order valence-corrected chi connectivity index (χ2v) is 6.57. The van der Waals surface area contributed by atoms with Gasteiger partial charge in [-0.05, 0) is 43.0 Å². The second kappa shape index (κ2) is 6.82. The van der Waals surface area contributed by atoms with Gasteiger partial charge < -0.3 is 4.42 Å². The third kappa shape index (κ3) is 3.60. The van der Waals surface area contributed by atoms with Crippen molar-refractivity contribution in [1.29, 1.82) is 0 Å². The van der Waals surface area contributed by atoms with Gasteiger partial charge in [0.15, 0.2) is 0 Å². The third-order valence-electron chi connectivity index (χ3n) is 4.63. The lowest BCUT2D eigenvalue weighted by atomic mass is 9.85. The lowest BCUT2D eigenvalue weighted by Crippen LogP contribution is -2.28. The molecule has 4 heteroatoms. The second-order valence-electron chi connectivity index (χ2n) is 6.13. The third-order valence-corrected chi connectivity index (χ3v) is 4.87. The molecule has 0 bridgehead atoms. The molecule has 1 aliphatic carbocycles. The van der Waals surface area contributed by atoms with Crippen LogP contribution in [0.25, 0.3) is 11.0 Å². The smallest absolute Gasteiger partial charge is 0.134 e. The van der Waals surface area contributed by atoms with Crippen molar-refractivity contribution in [2.24, 2.45) is 11.8 Å². The maximum atomic E-state index is 6.02. The summed E-state index contributed by atoms with van der Waals surface area (Å²) in [6.45, 7) is 0. The molecular weight excluding hydrogens is 284 g/mol. The first-order valence-electron chi connectivity index (χ1n) is 7.91. The Labute approximate surface area is 130 Å². The summed E-state index contributed by atoms with van der Waals surface area (Å²) in [6, 6.07) is 7.82. The molecule has 1 saturated carbocycles. The highest BCUT2D eigenvalue weighted by atomic mass is 35.5. The highest BCUT2D eigenvalue weighted by Crippen LogP contribution is 2.32. The van der Waals surface area contributed by atoms with Crippen molar-refractivity contribution in [1.82, 2.24) is 5.43 Å². The van der Waals surface area contributed by atoms with Gasteiger partial charge >= 0.3 is 0 Å². The predicted octanol–water partition coefficient (Wildman–Crippen LogP) is 4.95. The molecular formula is C17H23ClN2O. The lowest BCUT2D eigenvalue weighted by Gasteiger charge is -2.23. The summed E-state index contributed by atoms with van der Waals surface area (Å²) in [4.78, 5) is 0. The molecule has 1 fully saturated rings. The summed E-state index contributed by atoms with van der Waals surface area (Å²) in [5.41, 5.74) is 3.77. The normalized spacial score (nSPS) is 18.2. The molecule has 1 heterocycles. The van der Waals surface area contributed by atoms with Gasteiger partial charge in [-0.3, -0.25) is 5.84 Å². The van der Waals surface area contributed by atoms with E-state index in [9.17, 15) is 0 Å². The first kappa shape index (κ1) is 14.9. The monoisotopic (exact) mass is 306 g/mol. The molecule has 0 aliphatic heterocycles. The Kier molecular flexibility index (Phi) is 4.84. The summed E-state index contributed by atoms with van der Waals surface area (Å²) in [6.07, 6.45) is 9.14. The highest BCUT2D eigenvalue weighted by molar-refractivity contribution is 6.31. The number of benzene rings is 1. The highest BCUT2D eigenvalue weighted by Gasteiger charge is 2.19. The molecule has 1 aliphatic rings. The number of halogens is 1. The summed E-state index contributed by atoms with van der Waals surface area (Å²) in [5, 5.41) is 1.77. The number of nitrogens with one attached hydrogen (secondary N) is 1. The van der Waals surface area contributed by atoms with Crippen LogP contribution in [0.3, 0.4) is 0 Å². The van der Waals surface area contributed by atoms with E-state index in [1.165, 1.54) is 38.5 Å². The topological polar surface area (TPSA) is 51.2 Å². The van der Waals surface area contributed by atoms with E-state index in [-0.39, 0.29) is 6.04 Å². The molecule has 2 aromatic rings. The minimum absolute atomic E-state index is 0.0816. The average molecular weight is 307 g/mol. The average Bonchev–Trinajstić information content (AvgIpc) is 2.92.